The van der Waals surface area contributed by atoms with E-state index in [9.17, 15) is 21.6 Å². The van der Waals surface area contributed by atoms with E-state index in [4.69, 9.17) is 10.8 Å². The van der Waals surface area contributed by atoms with Crippen molar-refractivity contribution in [3.63, 3.8) is 0 Å². The monoisotopic (exact) mass is 569 g/mol. The highest BCUT2D eigenvalue weighted by Crippen LogP contribution is 2.34. The van der Waals surface area contributed by atoms with Crippen molar-refractivity contribution in [3.05, 3.63) is 66.6 Å². The van der Waals surface area contributed by atoms with Gasteiger partial charge < -0.3 is 10.7 Å². The van der Waals surface area contributed by atoms with Gasteiger partial charge in [-0.15, -0.1) is 0 Å². The molecule has 1 aliphatic heterocycles. The molecule has 9 nitrogen and oxygen atoms in total. The Kier molecular flexibility index (Phi) is 6.50. The summed E-state index contributed by atoms with van der Waals surface area (Å²) in [6, 6.07) is 11.6. The number of nitrogens with zero attached hydrogens (tertiary/aromatic N) is 5. The first-order valence-electron chi connectivity index (χ1n) is 12.8. The molecule has 40 heavy (non-hydrogen) atoms. The molecular weight excluding hydrogens is 543 g/mol. The van der Waals surface area contributed by atoms with Crippen molar-refractivity contribution in [2.75, 3.05) is 18.8 Å². The van der Waals surface area contributed by atoms with Crippen LogP contribution in [0.15, 0.2) is 66.0 Å². The minimum absolute atomic E-state index is 0.135. The second-order valence-corrected chi connectivity index (χ2v) is 11.9. The number of H-pyrrole nitrogens is 1. The average Bonchev–Trinajstić information content (AvgIpc) is 3.57. The van der Waals surface area contributed by atoms with E-state index in [2.05, 4.69) is 15.0 Å². The first-order chi connectivity index (χ1) is 19.1. The average molecular weight is 570 g/mol. The number of sulfonamides is 1. The number of piperidine rings is 1. The molecule has 1 aliphatic rings. The fourth-order valence-electron chi connectivity index (χ4n) is 5.30. The summed E-state index contributed by atoms with van der Waals surface area (Å²) in [5, 5.41) is 6.59. The second-order valence-electron chi connectivity index (χ2n) is 9.97. The third-order valence-electron chi connectivity index (χ3n) is 7.53. The molecule has 0 bridgehead atoms. The predicted molar refractivity (Wildman–Crippen MR) is 145 cm³/mol. The molecule has 0 amide bonds. The lowest BCUT2D eigenvalue weighted by atomic mass is 9.95. The van der Waals surface area contributed by atoms with Crippen LogP contribution in [0, 0.1) is 5.92 Å². The number of nitrogen functional groups attached to an aromatic ring is 1. The number of halogens is 3. The Morgan fingerprint density at radius 3 is 2.50 bits per heavy atom. The number of hydrogen-bond donors (Lipinski definition) is 2. The molecule has 0 unspecified atom stereocenters. The zero-order chi connectivity index (χ0) is 28.1. The Balaban J connectivity index is 1.15. The van der Waals surface area contributed by atoms with E-state index in [-0.39, 0.29) is 10.8 Å². The summed E-state index contributed by atoms with van der Waals surface area (Å²) >= 11 is 0. The summed E-state index contributed by atoms with van der Waals surface area (Å²) in [6.45, 7) is 1.16. The number of aromatic nitrogens is 5. The molecule has 0 aliphatic carbocycles. The summed E-state index contributed by atoms with van der Waals surface area (Å²) in [7, 11) is -3.87. The van der Waals surface area contributed by atoms with Crippen molar-refractivity contribution in [1.82, 2.24) is 29.0 Å². The van der Waals surface area contributed by atoms with Crippen molar-refractivity contribution in [2.24, 2.45) is 5.92 Å². The van der Waals surface area contributed by atoms with Crippen molar-refractivity contribution in [2.45, 2.75) is 36.9 Å². The zero-order valence-corrected chi connectivity index (χ0v) is 22.1. The second kappa shape index (κ2) is 9.89. The predicted octanol–water partition coefficient (Wildman–Crippen LogP) is 5.07. The van der Waals surface area contributed by atoms with E-state index in [1.165, 1.54) is 10.6 Å². The smallest absolute Gasteiger partial charge is 0.383 e. The Labute approximate surface area is 227 Å². The van der Waals surface area contributed by atoms with Crippen LogP contribution in [0.2, 0.25) is 0 Å². The van der Waals surface area contributed by atoms with Gasteiger partial charge in [0, 0.05) is 42.3 Å². The number of rotatable bonds is 6. The molecule has 3 aromatic heterocycles. The lowest BCUT2D eigenvalue weighted by molar-refractivity contribution is -0.137. The number of benzene rings is 2. The van der Waals surface area contributed by atoms with Gasteiger partial charge in [-0.05, 0) is 67.6 Å². The van der Waals surface area contributed by atoms with Crippen LogP contribution in [0.5, 0.6) is 0 Å². The molecule has 1 saturated heterocycles. The Hall–Kier alpha value is -3.97. The van der Waals surface area contributed by atoms with Crippen molar-refractivity contribution in [1.29, 1.82) is 0 Å². The van der Waals surface area contributed by atoms with Gasteiger partial charge in [0.1, 0.15) is 17.8 Å². The maximum absolute atomic E-state index is 13.0. The molecule has 0 atom stereocenters. The number of fused-ring (bicyclic) bond motifs is 2. The van der Waals surface area contributed by atoms with Crippen LogP contribution >= 0.6 is 0 Å². The van der Waals surface area contributed by atoms with Crippen LogP contribution in [0.4, 0.5) is 19.0 Å². The number of aromatic amines is 1. The van der Waals surface area contributed by atoms with Gasteiger partial charge in [-0.3, -0.25) is 0 Å². The fourth-order valence-corrected chi connectivity index (χ4v) is 6.77. The molecule has 2 aromatic carbocycles. The van der Waals surface area contributed by atoms with Crippen LogP contribution in [0.1, 0.15) is 24.8 Å². The molecule has 0 radical (unpaired) electrons. The molecule has 0 spiro atoms. The van der Waals surface area contributed by atoms with Gasteiger partial charge in [0.25, 0.3) is 0 Å². The van der Waals surface area contributed by atoms with E-state index < -0.39 is 21.8 Å². The largest absolute Gasteiger partial charge is 0.416 e. The minimum atomic E-state index is -4.52. The molecule has 4 heterocycles. The van der Waals surface area contributed by atoms with E-state index in [1.807, 2.05) is 35.1 Å². The molecule has 5 aromatic rings. The maximum atomic E-state index is 13.0. The van der Waals surface area contributed by atoms with E-state index in [1.54, 1.807) is 0 Å². The molecule has 208 valence electrons. The van der Waals surface area contributed by atoms with Crippen molar-refractivity contribution in [3.8, 4) is 11.3 Å². The highest BCUT2D eigenvalue weighted by Gasteiger charge is 2.33. The highest BCUT2D eigenvalue weighted by atomic mass is 32.2. The summed E-state index contributed by atoms with van der Waals surface area (Å²) < 4.78 is 67.8. The first-order valence-corrected chi connectivity index (χ1v) is 14.3. The normalized spacial score (nSPS) is 15.8. The number of aryl methyl sites for hydroxylation is 1. The van der Waals surface area contributed by atoms with Gasteiger partial charge in [-0.25, -0.2) is 23.1 Å². The SMILES string of the molecule is Nc1ncnc2c1c(-c1ccc3[nH]ccc3c1)nn2CCC1CCN(S(=O)(=O)c2ccc(C(F)(F)F)cc2)CC1. The molecule has 0 saturated carbocycles. The van der Waals surface area contributed by atoms with Gasteiger partial charge >= 0.3 is 6.18 Å². The molecular formula is C27H26F3N7O2S. The molecule has 13 heteroatoms. The van der Waals surface area contributed by atoms with E-state index in [0.29, 0.717) is 55.0 Å². The summed E-state index contributed by atoms with van der Waals surface area (Å²) in [5.74, 6) is 0.597. The summed E-state index contributed by atoms with van der Waals surface area (Å²) in [5.41, 5.74) is 8.63. The van der Waals surface area contributed by atoms with Gasteiger partial charge in [-0.1, -0.05) is 6.07 Å². The van der Waals surface area contributed by atoms with E-state index in [0.717, 1.165) is 47.2 Å². The Morgan fingerprint density at radius 2 is 1.77 bits per heavy atom. The van der Waals surface area contributed by atoms with Crippen LogP contribution in [0.3, 0.4) is 0 Å². The van der Waals surface area contributed by atoms with Gasteiger partial charge in [-0.2, -0.15) is 22.6 Å². The Bertz CT molecular complexity index is 1790. The van der Waals surface area contributed by atoms with E-state index >= 15 is 0 Å². The molecule has 6 rings (SSSR count). The van der Waals surface area contributed by atoms with Gasteiger partial charge in [0.15, 0.2) is 5.65 Å². The summed E-state index contributed by atoms with van der Waals surface area (Å²) in [6.07, 6.45) is 0.794. The summed E-state index contributed by atoms with van der Waals surface area (Å²) in [4.78, 5) is 11.7. The van der Waals surface area contributed by atoms with Crippen LogP contribution in [-0.2, 0) is 22.7 Å². The minimum Gasteiger partial charge on any atom is -0.383 e. The molecule has 3 N–H and O–H groups in total. The van der Waals surface area contributed by atoms with Crippen LogP contribution < -0.4 is 5.73 Å². The number of hydrogen-bond acceptors (Lipinski definition) is 6. The number of alkyl halides is 3. The number of anilines is 1. The first kappa shape index (κ1) is 26.3. The zero-order valence-electron chi connectivity index (χ0n) is 21.3. The maximum Gasteiger partial charge on any atom is 0.416 e. The van der Waals surface area contributed by atoms with Gasteiger partial charge in [0.2, 0.25) is 10.0 Å². The number of nitrogens with one attached hydrogen (secondary N) is 1. The quantitative estimate of drug-likeness (QED) is 0.295. The topological polar surface area (TPSA) is 123 Å². The lowest BCUT2D eigenvalue weighted by Crippen LogP contribution is -2.38. The standard InChI is InChI=1S/C27H26F3N7O2S/c28-27(29,30)20-2-4-21(5-3-20)40(38,39)36-12-8-17(9-13-36)10-14-37-26-23(25(31)33-16-34-26)24(35-37)19-1-6-22-18(15-19)7-11-32-22/h1-7,11,15-17,32H,8-10,12-14H2,(H2,31,33,34). The number of nitrogens with two attached hydrogens (primary N) is 1. The molecule has 1 fully saturated rings. The van der Waals surface area contributed by atoms with Crippen molar-refractivity contribution < 1.29 is 21.6 Å². The third kappa shape index (κ3) is 4.79. The Morgan fingerprint density at radius 1 is 1.02 bits per heavy atom. The highest BCUT2D eigenvalue weighted by molar-refractivity contribution is 7.89. The third-order valence-corrected chi connectivity index (χ3v) is 9.44. The fraction of sp³-hybridized carbons (Fsp3) is 0.296. The van der Waals surface area contributed by atoms with Gasteiger partial charge in [0.05, 0.1) is 15.8 Å². The van der Waals surface area contributed by atoms with Crippen molar-refractivity contribution >= 4 is 37.8 Å². The lowest BCUT2D eigenvalue weighted by Gasteiger charge is -2.31. The van der Waals surface area contributed by atoms with Crippen LogP contribution in [-0.4, -0.2) is 50.5 Å². The van der Waals surface area contributed by atoms with Crippen LogP contribution in [0.25, 0.3) is 33.2 Å².